The molecular formula is C22H21N3O4. The van der Waals surface area contributed by atoms with Crippen LogP contribution in [0, 0.1) is 0 Å². The van der Waals surface area contributed by atoms with Crippen LogP contribution in [0.1, 0.15) is 15.9 Å². The molecule has 7 nitrogen and oxygen atoms in total. The first kappa shape index (κ1) is 19.8. The van der Waals surface area contributed by atoms with Crippen LogP contribution in [0.3, 0.4) is 0 Å². The molecule has 0 aliphatic carbocycles. The number of benzene rings is 2. The highest BCUT2D eigenvalue weighted by Crippen LogP contribution is 2.27. The van der Waals surface area contributed by atoms with Crippen molar-refractivity contribution in [3.63, 3.8) is 0 Å². The van der Waals surface area contributed by atoms with Crippen LogP contribution in [0.25, 0.3) is 11.8 Å². The molecular weight excluding hydrogens is 370 g/mol. The van der Waals surface area contributed by atoms with Crippen molar-refractivity contribution in [2.24, 2.45) is 0 Å². The molecule has 0 spiro atoms. The van der Waals surface area contributed by atoms with Gasteiger partial charge >= 0.3 is 0 Å². The number of hydrogen-bond donors (Lipinski definition) is 2. The van der Waals surface area contributed by atoms with E-state index >= 15 is 0 Å². The van der Waals surface area contributed by atoms with E-state index < -0.39 is 11.8 Å². The van der Waals surface area contributed by atoms with Gasteiger partial charge in [-0.2, -0.15) is 0 Å². The van der Waals surface area contributed by atoms with Crippen molar-refractivity contribution in [3.05, 3.63) is 84.2 Å². The second-order valence-electron chi connectivity index (χ2n) is 6.00. The summed E-state index contributed by atoms with van der Waals surface area (Å²) < 4.78 is 12.2. The topological polar surface area (TPSA) is 81.6 Å². The fourth-order valence-corrected chi connectivity index (χ4v) is 2.74. The molecule has 1 heterocycles. The van der Waals surface area contributed by atoms with Gasteiger partial charge in [-0.1, -0.05) is 18.2 Å². The lowest BCUT2D eigenvalue weighted by Crippen LogP contribution is -2.41. The molecule has 0 fully saturated rings. The van der Waals surface area contributed by atoms with Crippen molar-refractivity contribution in [2.45, 2.75) is 0 Å². The predicted octanol–water partition coefficient (Wildman–Crippen LogP) is 2.97. The quantitative estimate of drug-likeness (QED) is 0.500. The van der Waals surface area contributed by atoms with Gasteiger partial charge in [0.25, 0.3) is 11.8 Å². The number of amides is 2. The third kappa shape index (κ3) is 4.84. The molecule has 0 saturated heterocycles. The molecule has 148 valence electrons. The van der Waals surface area contributed by atoms with Gasteiger partial charge in [0.1, 0.15) is 0 Å². The monoisotopic (exact) mass is 391 g/mol. The molecule has 3 rings (SSSR count). The van der Waals surface area contributed by atoms with E-state index in [0.717, 1.165) is 5.56 Å². The van der Waals surface area contributed by atoms with Gasteiger partial charge in [-0.3, -0.25) is 20.4 Å². The lowest BCUT2D eigenvalue weighted by molar-refractivity contribution is -0.117. The number of methoxy groups -OCH3 is 2. The number of carbonyl (C=O) groups excluding carboxylic acids is 2. The van der Waals surface area contributed by atoms with E-state index in [9.17, 15) is 9.59 Å². The van der Waals surface area contributed by atoms with E-state index in [-0.39, 0.29) is 0 Å². The number of aromatic nitrogens is 1. The van der Waals surface area contributed by atoms with E-state index in [1.807, 2.05) is 41.2 Å². The van der Waals surface area contributed by atoms with E-state index in [1.54, 1.807) is 50.6 Å². The zero-order valence-electron chi connectivity index (χ0n) is 16.1. The average Bonchev–Trinajstić information content (AvgIpc) is 3.30. The second-order valence-corrected chi connectivity index (χ2v) is 6.00. The highest BCUT2D eigenvalue weighted by molar-refractivity contribution is 6.00. The largest absolute Gasteiger partial charge is 0.493 e. The molecule has 0 atom stereocenters. The fraction of sp³-hybridized carbons (Fsp3) is 0.0909. The van der Waals surface area contributed by atoms with Crippen LogP contribution in [-0.4, -0.2) is 30.6 Å². The number of hydrazine groups is 1. The number of rotatable bonds is 6. The first-order valence-corrected chi connectivity index (χ1v) is 8.85. The van der Waals surface area contributed by atoms with Gasteiger partial charge in [0, 0.05) is 18.5 Å². The molecule has 0 aliphatic heterocycles. The fourth-order valence-electron chi connectivity index (χ4n) is 2.74. The van der Waals surface area contributed by atoms with Crippen molar-refractivity contribution >= 4 is 17.9 Å². The number of carbonyl (C=O) groups is 2. The smallest absolute Gasteiger partial charge is 0.271 e. The van der Waals surface area contributed by atoms with Crippen LogP contribution in [0.5, 0.6) is 11.5 Å². The van der Waals surface area contributed by atoms with E-state index in [1.165, 1.54) is 6.08 Å². The normalized spacial score (nSPS) is 10.6. The zero-order valence-corrected chi connectivity index (χ0v) is 16.1. The number of nitrogens with one attached hydrogen (secondary N) is 2. The minimum absolute atomic E-state index is 0.415. The highest BCUT2D eigenvalue weighted by atomic mass is 16.5. The first-order valence-electron chi connectivity index (χ1n) is 8.85. The summed E-state index contributed by atoms with van der Waals surface area (Å²) >= 11 is 0. The summed E-state index contributed by atoms with van der Waals surface area (Å²) in [5.74, 6) is 0.279. The standard InChI is InChI=1S/C22H21N3O4/c1-28-19-11-9-16(15-20(19)29-2)10-12-21(26)23-24-22(27)17-7-3-4-8-18(17)25-13-5-6-14-25/h3-15H,1-2H3,(H,23,26)(H,24,27)/b12-10+. The zero-order chi connectivity index (χ0) is 20.6. The van der Waals surface area contributed by atoms with Crippen molar-refractivity contribution < 1.29 is 19.1 Å². The highest BCUT2D eigenvalue weighted by Gasteiger charge is 2.12. The molecule has 0 unspecified atom stereocenters. The maximum absolute atomic E-state index is 12.5. The minimum atomic E-state index is -0.466. The Labute approximate surface area is 168 Å². The summed E-state index contributed by atoms with van der Waals surface area (Å²) in [4.78, 5) is 24.6. The Kier molecular flexibility index (Phi) is 6.32. The SMILES string of the molecule is COc1ccc(/C=C/C(=O)NNC(=O)c2ccccc2-n2cccc2)cc1OC. The molecule has 0 saturated carbocycles. The molecule has 7 heteroatoms. The second kappa shape index (κ2) is 9.27. The molecule has 2 amide bonds. The van der Waals surface area contributed by atoms with Crippen LogP contribution in [0.2, 0.25) is 0 Å². The van der Waals surface area contributed by atoms with Gasteiger partial charge in [-0.15, -0.1) is 0 Å². The van der Waals surface area contributed by atoms with Crippen molar-refractivity contribution in [1.82, 2.24) is 15.4 Å². The Bertz CT molecular complexity index is 1030. The third-order valence-corrected chi connectivity index (χ3v) is 4.17. The van der Waals surface area contributed by atoms with E-state index in [4.69, 9.17) is 9.47 Å². The Hall–Kier alpha value is -4.00. The minimum Gasteiger partial charge on any atom is -0.493 e. The molecule has 1 aromatic heterocycles. The lowest BCUT2D eigenvalue weighted by Gasteiger charge is -2.11. The van der Waals surface area contributed by atoms with Crippen molar-refractivity contribution in [2.75, 3.05) is 14.2 Å². The Balaban J connectivity index is 1.63. The van der Waals surface area contributed by atoms with Crippen LogP contribution < -0.4 is 20.3 Å². The number of para-hydroxylation sites is 1. The number of nitrogens with zero attached hydrogens (tertiary/aromatic N) is 1. The summed E-state index contributed by atoms with van der Waals surface area (Å²) in [7, 11) is 3.09. The Morgan fingerprint density at radius 3 is 2.34 bits per heavy atom. The maximum atomic E-state index is 12.5. The van der Waals surface area contributed by atoms with E-state index in [0.29, 0.717) is 22.7 Å². The molecule has 0 bridgehead atoms. The summed E-state index contributed by atoms with van der Waals surface area (Å²) in [5, 5.41) is 0. The summed E-state index contributed by atoms with van der Waals surface area (Å²) in [6, 6.07) is 16.1. The third-order valence-electron chi connectivity index (χ3n) is 4.17. The van der Waals surface area contributed by atoms with Crippen molar-refractivity contribution in [1.29, 1.82) is 0 Å². The van der Waals surface area contributed by atoms with Crippen molar-refractivity contribution in [3.8, 4) is 17.2 Å². The van der Waals surface area contributed by atoms with Gasteiger partial charge < -0.3 is 14.0 Å². The van der Waals surface area contributed by atoms with Gasteiger partial charge in [0.05, 0.1) is 25.5 Å². The molecule has 0 radical (unpaired) electrons. The number of hydrogen-bond acceptors (Lipinski definition) is 4. The molecule has 2 aromatic carbocycles. The Morgan fingerprint density at radius 1 is 0.897 bits per heavy atom. The molecule has 3 aromatic rings. The molecule has 0 aliphatic rings. The first-order chi connectivity index (χ1) is 14.1. The number of ether oxygens (including phenoxy) is 2. The van der Waals surface area contributed by atoms with Gasteiger partial charge in [0.2, 0.25) is 0 Å². The predicted molar refractivity (Wildman–Crippen MR) is 110 cm³/mol. The van der Waals surface area contributed by atoms with Gasteiger partial charge in [0.15, 0.2) is 11.5 Å². The van der Waals surface area contributed by atoms with Gasteiger partial charge in [-0.25, -0.2) is 0 Å². The summed E-state index contributed by atoms with van der Waals surface area (Å²) in [6.07, 6.45) is 6.61. The van der Waals surface area contributed by atoms with Crippen LogP contribution >= 0.6 is 0 Å². The lowest BCUT2D eigenvalue weighted by atomic mass is 10.1. The van der Waals surface area contributed by atoms with Crippen LogP contribution in [0.15, 0.2) is 73.1 Å². The van der Waals surface area contributed by atoms with Gasteiger partial charge in [-0.05, 0) is 48.0 Å². The summed E-state index contributed by atoms with van der Waals surface area (Å²) in [6.45, 7) is 0. The maximum Gasteiger partial charge on any atom is 0.271 e. The van der Waals surface area contributed by atoms with Crippen LogP contribution in [0.4, 0.5) is 0 Å². The summed E-state index contributed by atoms with van der Waals surface area (Å²) in [5.41, 5.74) is 6.72. The molecule has 2 N–H and O–H groups in total. The molecule has 29 heavy (non-hydrogen) atoms. The average molecular weight is 391 g/mol. The Morgan fingerprint density at radius 2 is 1.62 bits per heavy atom. The van der Waals surface area contributed by atoms with E-state index in [2.05, 4.69) is 10.9 Å². The van der Waals surface area contributed by atoms with Crippen LogP contribution in [-0.2, 0) is 4.79 Å².